The molecule has 1 fully saturated rings. The maximum Gasteiger partial charge on any atom is 0.494 e. The van der Waals surface area contributed by atoms with Crippen molar-refractivity contribution in [3.63, 3.8) is 0 Å². The van der Waals surface area contributed by atoms with Gasteiger partial charge in [-0.05, 0) is 288 Å². The van der Waals surface area contributed by atoms with Gasteiger partial charge in [-0.15, -0.1) is 0 Å². The summed E-state index contributed by atoms with van der Waals surface area (Å²) in [5, 5.41) is 28.3. The van der Waals surface area contributed by atoms with Gasteiger partial charge in [-0.3, -0.25) is 0 Å². The van der Waals surface area contributed by atoms with Gasteiger partial charge in [-0.2, -0.15) is 0 Å². The topological polar surface area (TPSA) is 18.5 Å². The maximum absolute atomic E-state index is 15.1. The largest absolute Gasteiger partial charge is 0.494 e. The molecule has 0 amide bonds. The fourth-order valence-electron chi connectivity index (χ4n) is 19.6. The molecule has 1 aliphatic heterocycles. The zero-order valence-corrected chi connectivity index (χ0v) is 66.3. The summed E-state index contributed by atoms with van der Waals surface area (Å²) in [5.41, 5.74) is 17.7. The Hall–Kier alpha value is -12.2. The van der Waals surface area contributed by atoms with E-state index in [4.69, 9.17) is 9.31 Å². The summed E-state index contributed by atoms with van der Waals surface area (Å²) in [5.74, 6) is -0.379. The number of hydrogen-bond donors (Lipinski definition) is 0. The summed E-state index contributed by atoms with van der Waals surface area (Å²) in [6, 6.07) is 116. The molecule has 0 atom stereocenters. The third-order valence-electron chi connectivity index (χ3n) is 26.0. The molecule has 6 heteroatoms. The molecule has 20 aromatic carbocycles. The highest BCUT2D eigenvalue weighted by Crippen LogP contribution is 2.56. The second-order valence-electron chi connectivity index (χ2n) is 33.4. The van der Waals surface area contributed by atoms with Crippen molar-refractivity contribution in [1.82, 2.24) is 0 Å². The highest BCUT2D eigenvalue weighted by atomic mass is 79.9. The molecule has 2 aliphatic carbocycles. The van der Waals surface area contributed by atoms with Crippen LogP contribution in [0.1, 0.15) is 77.6 Å². The van der Waals surface area contributed by atoms with Gasteiger partial charge < -0.3 is 9.31 Å². The van der Waals surface area contributed by atoms with E-state index in [-0.39, 0.29) is 40.8 Å². The van der Waals surface area contributed by atoms with Gasteiger partial charge in [0.1, 0.15) is 11.6 Å². The lowest BCUT2D eigenvalue weighted by Gasteiger charge is -2.32. The van der Waals surface area contributed by atoms with Crippen LogP contribution in [-0.2, 0) is 20.1 Å². The first-order chi connectivity index (χ1) is 55.3. The zero-order valence-electron chi connectivity index (χ0n) is 64.7. The highest BCUT2D eigenvalue weighted by molar-refractivity contribution is 9.10. The third kappa shape index (κ3) is 10.5. The third-order valence-corrected chi connectivity index (χ3v) is 26.8. The van der Waals surface area contributed by atoms with E-state index in [2.05, 4.69) is 326 Å². The average molecular weight is 1540 g/mol. The average Bonchev–Trinajstić information content (AvgIpc) is 1.48. The van der Waals surface area contributed by atoms with Crippen LogP contribution in [0.5, 0.6) is 0 Å². The summed E-state index contributed by atoms with van der Waals surface area (Å²) in [6.07, 6.45) is 0. The number of benzene rings is 20. The Morgan fingerprint density at radius 2 is 0.491 bits per heavy atom. The van der Waals surface area contributed by atoms with Crippen molar-refractivity contribution in [3.05, 3.63) is 366 Å². The smallest absolute Gasteiger partial charge is 0.399 e. The molecule has 20 aromatic rings. The van der Waals surface area contributed by atoms with Crippen molar-refractivity contribution in [3.8, 4) is 55.6 Å². The van der Waals surface area contributed by atoms with E-state index in [1.807, 2.05) is 60.7 Å². The van der Waals surface area contributed by atoms with Gasteiger partial charge in [0.2, 0.25) is 0 Å². The Balaban J connectivity index is 0.000000114. The van der Waals surface area contributed by atoms with Crippen LogP contribution in [0.25, 0.3) is 185 Å². The summed E-state index contributed by atoms with van der Waals surface area (Å²) in [4.78, 5) is 0. The van der Waals surface area contributed by atoms with Gasteiger partial charge in [-0.1, -0.05) is 313 Å². The van der Waals surface area contributed by atoms with Crippen LogP contribution in [0.3, 0.4) is 0 Å². The summed E-state index contributed by atoms with van der Waals surface area (Å²) in [7, 11) is -0.355. The Morgan fingerprint density at radius 1 is 0.228 bits per heavy atom. The van der Waals surface area contributed by atoms with Gasteiger partial charge >= 0.3 is 7.12 Å². The summed E-state index contributed by atoms with van der Waals surface area (Å²) in [6.45, 7) is 17.9. The summed E-state index contributed by atoms with van der Waals surface area (Å²) < 4.78 is 43.3. The van der Waals surface area contributed by atoms with Gasteiger partial charge in [-0.25, -0.2) is 8.78 Å². The van der Waals surface area contributed by atoms with Crippen LogP contribution < -0.4 is 5.46 Å². The van der Waals surface area contributed by atoms with E-state index in [1.165, 1.54) is 142 Å². The van der Waals surface area contributed by atoms with Crippen molar-refractivity contribution in [2.24, 2.45) is 0 Å². The Morgan fingerprint density at radius 3 is 0.860 bits per heavy atom. The van der Waals surface area contributed by atoms with Crippen molar-refractivity contribution in [2.75, 3.05) is 0 Å². The molecule has 0 saturated carbocycles. The van der Waals surface area contributed by atoms with Crippen LogP contribution in [-0.4, -0.2) is 18.3 Å². The van der Waals surface area contributed by atoms with E-state index in [0.29, 0.717) is 10.8 Å². The molecule has 0 spiro atoms. The van der Waals surface area contributed by atoms with E-state index in [0.717, 1.165) is 64.5 Å². The first-order valence-electron chi connectivity index (χ1n) is 39.6. The Kier molecular flexibility index (Phi) is 15.9. The van der Waals surface area contributed by atoms with E-state index in [1.54, 1.807) is 12.1 Å². The van der Waals surface area contributed by atoms with Gasteiger partial charge in [0.05, 0.1) is 11.2 Å². The first kappa shape index (κ1) is 69.8. The molecular formula is C108H78BBrF2O2. The van der Waals surface area contributed by atoms with Gasteiger partial charge in [0.15, 0.2) is 0 Å². The lowest BCUT2D eigenvalue weighted by molar-refractivity contribution is 0.00578. The lowest BCUT2D eigenvalue weighted by Crippen LogP contribution is -2.41. The second-order valence-corrected chi connectivity index (χ2v) is 34.2. The molecular weight excluding hydrogens is 1460 g/mol. The minimum atomic E-state index is -0.355. The monoisotopic (exact) mass is 1530 g/mol. The normalized spacial score (nSPS) is 14.8. The van der Waals surface area contributed by atoms with Crippen molar-refractivity contribution in [2.45, 2.75) is 77.4 Å². The Bertz CT molecular complexity index is 7430. The van der Waals surface area contributed by atoms with Crippen LogP contribution in [0.4, 0.5) is 8.78 Å². The fraction of sp³-hybridized carbons (Fsp3) is 0.111. The Labute approximate surface area is 670 Å². The number of halogens is 3. The first-order valence-corrected chi connectivity index (χ1v) is 40.4. The number of rotatable bonds is 4. The predicted molar refractivity (Wildman–Crippen MR) is 484 cm³/mol. The molecule has 0 unspecified atom stereocenters. The molecule has 1 saturated heterocycles. The standard InChI is InChI=1S/C51H33F.C33H31BO2.C24H14BrF/c1-51(2)46-27-30(23-24-36(46)45-28-43-33-15-5-3-13-31(33)32-14-4-6-16-34(32)44(43)29-47(45)51)49-38-19-9-11-21-40(38)50(41-22-12-10-20-39(41)49)42-25-26-48(52)37-18-8-7-17-35(37)42;1-31(2)29-17-20(34-35-32(3,4)33(5,6)36-34)15-16-25(29)28-18-26-23-13-9-7-11-21(23)22-12-8-10-14-24(22)27(26)19-30(28)31;25-24-20-11-5-3-9-17(20)23(18-10-4-6-12-21(18)24)19-13-14-22(26)16-8-2-1-7-15(16)19/h3-29H,1-2H3;7-19H,1-6H3;1-14H. The highest BCUT2D eigenvalue weighted by Gasteiger charge is 2.52. The van der Waals surface area contributed by atoms with Crippen LogP contribution in [0.15, 0.2) is 332 Å². The minimum absolute atomic E-state index is 0.120. The molecule has 3 aliphatic rings. The molecule has 114 heavy (non-hydrogen) atoms. The molecule has 0 bridgehead atoms. The molecule has 546 valence electrons. The van der Waals surface area contributed by atoms with E-state index < -0.39 is 0 Å². The van der Waals surface area contributed by atoms with Crippen LogP contribution >= 0.6 is 15.9 Å². The molecule has 0 radical (unpaired) electrons. The van der Waals surface area contributed by atoms with Crippen LogP contribution in [0, 0.1) is 11.6 Å². The van der Waals surface area contributed by atoms with Crippen molar-refractivity contribution in [1.29, 1.82) is 0 Å². The zero-order chi connectivity index (χ0) is 77.4. The summed E-state index contributed by atoms with van der Waals surface area (Å²) >= 11 is 3.79. The van der Waals surface area contributed by atoms with Gasteiger partial charge in [0, 0.05) is 26.1 Å². The predicted octanol–water partition coefficient (Wildman–Crippen LogP) is 29.9. The van der Waals surface area contributed by atoms with E-state index in [9.17, 15) is 4.39 Å². The fourth-order valence-corrected chi connectivity index (χ4v) is 20.3. The molecule has 2 nitrogen and oxygen atoms in total. The SMILES string of the molecule is CC1(C)c2cc(-c3c4ccccc4c(-c4ccc(F)c5ccccc45)c4ccccc34)ccc2-c2cc3c4ccccc4c4ccccc4c3cc21.CC1(C)c2cc(B3OC(C)(C)C(C)(C)O3)ccc2-c2cc3c4ccccc4c4ccccc4c3cc21.Fc1ccc(-c2c3ccccc3c(Br)c3ccccc23)c2ccccc12. The molecule has 0 aromatic heterocycles. The second kappa shape index (κ2) is 25.9. The van der Waals surface area contributed by atoms with E-state index >= 15 is 4.39 Å². The molecule has 0 N–H and O–H groups in total. The lowest BCUT2D eigenvalue weighted by atomic mass is 9.74. The van der Waals surface area contributed by atoms with Crippen LogP contribution in [0.2, 0.25) is 0 Å². The van der Waals surface area contributed by atoms with Crippen molar-refractivity contribution < 1.29 is 18.1 Å². The minimum Gasteiger partial charge on any atom is -0.399 e. The number of hydrogen-bond acceptors (Lipinski definition) is 2. The molecule has 23 rings (SSSR count). The number of fused-ring (bicyclic) bond motifs is 24. The van der Waals surface area contributed by atoms with Crippen molar-refractivity contribution >= 4 is 158 Å². The molecule has 1 heterocycles. The van der Waals surface area contributed by atoms with Gasteiger partial charge in [0.25, 0.3) is 0 Å². The quantitative estimate of drug-likeness (QED) is 0.0993. The maximum atomic E-state index is 15.1.